The van der Waals surface area contributed by atoms with Crippen molar-refractivity contribution < 1.29 is 22.8 Å². The lowest BCUT2D eigenvalue weighted by molar-refractivity contribution is 0.102. The second-order valence-electron chi connectivity index (χ2n) is 7.53. The SMILES string of the molecule is CCCc1c(C(=O)Nc2cc(S(=O)(=O)N=C3CCON3)ccc2OC)cnn1-c1ccccc1. The van der Waals surface area contributed by atoms with Gasteiger partial charge in [0.05, 0.1) is 47.4 Å². The highest BCUT2D eigenvalue weighted by Gasteiger charge is 2.22. The van der Waals surface area contributed by atoms with Gasteiger partial charge in [0, 0.05) is 6.42 Å². The second kappa shape index (κ2) is 10.1. The number of hydroxylamine groups is 1. The zero-order valence-corrected chi connectivity index (χ0v) is 19.6. The third-order valence-corrected chi connectivity index (χ3v) is 6.49. The number of anilines is 1. The van der Waals surface area contributed by atoms with E-state index in [0.29, 0.717) is 30.8 Å². The number of hydrogen-bond donors (Lipinski definition) is 2. The lowest BCUT2D eigenvalue weighted by atomic mass is 10.1. The highest BCUT2D eigenvalue weighted by molar-refractivity contribution is 7.90. The Labute approximate surface area is 197 Å². The van der Waals surface area contributed by atoms with Crippen molar-refractivity contribution >= 4 is 27.5 Å². The van der Waals surface area contributed by atoms with Crippen molar-refractivity contribution in [2.24, 2.45) is 4.40 Å². The predicted octanol–water partition coefficient (Wildman–Crippen LogP) is 3.10. The van der Waals surface area contributed by atoms with Crippen LogP contribution in [0.15, 0.2) is 64.0 Å². The first-order valence-electron chi connectivity index (χ1n) is 10.8. The number of carbonyl (C=O) groups is 1. The van der Waals surface area contributed by atoms with E-state index in [-0.39, 0.29) is 16.4 Å². The lowest BCUT2D eigenvalue weighted by Gasteiger charge is -2.13. The van der Waals surface area contributed by atoms with E-state index in [1.165, 1.54) is 31.5 Å². The topological polar surface area (TPSA) is 124 Å². The van der Waals surface area contributed by atoms with Crippen LogP contribution < -0.4 is 15.5 Å². The summed E-state index contributed by atoms with van der Waals surface area (Å²) in [4.78, 5) is 18.1. The summed E-state index contributed by atoms with van der Waals surface area (Å²) in [6, 6.07) is 13.7. The molecule has 10 nitrogen and oxygen atoms in total. The number of benzene rings is 2. The number of aromatic nitrogens is 2. The van der Waals surface area contributed by atoms with E-state index in [0.717, 1.165) is 17.8 Å². The smallest absolute Gasteiger partial charge is 0.284 e. The molecule has 0 aliphatic carbocycles. The molecular weight excluding hydrogens is 458 g/mol. The van der Waals surface area contributed by atoms with Gasteiger partial charge in [-0.25, -0.2) is 4.68 Å². The summed E-state index contributed by atoms with van der Waals surface area (Å²) in [5.41, 5.74) is 4.68. The fourth-order valence-corrected chi connectivity index (χ4v) is 4.59. The molecule has 0 saturated carbocycles. The van der Waals surface area contributed by atoms with Crippen LogP contribution in [0.25, 0.3) is 5.69 Å². The Morgan fingerprint density at radius 3 is 2.74 bits per heavy atom. The molecule has 1 saturated heterocycles. The van der Waals surface area contributed by atoms with Gasteiger partial charge in [-0.3, -0.25) is 15.1 Å². The fourth-order valence-electron chi connectivity index (χ4n) is 3.56. The van der Waals surface area contributed by atoms with Crippen LogP contribution in [0.4, 0.5) is 5.69 Å². The number of hydrogen-bond acceptors (Lipinski definition) is 6. The van der Waals surface area contributed by atoms with E-state index in [2.05, 4.69) is 20.3 Å². The molecule has 178 valence electrons. The van der Waals surface area contributed by atoms with Gasteiger partial charge in [-0.2, -0.15) is 13.5 Å². The number of nitrogens with one attached hydrogen (secondary N) is 2. The monoisotopic (exact) mass is 483 g/mol. The highest BCUT2D eigenvalue weighted by Crippen LogP contribution is 2.29. The maximum atomic E-state index is 13.2. The zero-order valence-electron chi connectivity index (χ0n) is 18.8. The second-order valence-corrected chi connectivity index (χ2v) is 9.14. The zero-order chi connectivity index (χ0) is 24.1. The minimum atomic E-state index is -4.02. The lowest BCUT2D eigenvalue weighted by Crippen LogP contribution is -2.16. The number of amides is 1. The molecular formula is C23H25N5O5S. The molecule has 0 spiro atoms. The molecule has 1 aromatic heterocycles. The molecule has 1 amide bonds. The number of rotatable bonds is 8. The highest BCUT2D eigenvalue weighted by atomic mass is 32.2. The number of para-hydroxylation sites is 1. The van der Waals surface area contributed by atoms with E-state index in [1.54, 1.807) is 4.68 Å². The van der Waals surface area contributed by atoms with Gasteiger partial charge in [-0.1, -0.05) is 31.5 Å². The summed E-state index contributed by atoms with van der Waals surface area (Å²) in [5.74, 6) is 0.115. The Hall–Kier alpha value is -3.70. The summed E-state index contributed by atoms with van der Waals surface area (Å²) in [7, 11) is -2.58. The molecule has 4 rings (SSSR count). The van der Waals surface area contributed by atoms with E-state index in [1.807, 2.05) is 37.3 Å². The number of amidine groups is 1. The van der Waals surface area contributed by atoms with E-state index in [4.69, 9.17) is 9.57 Å². The number of nitrogens with zero attached hydrogens (tertiary/aromatic N) is 3. The van der Waals surface area contributed by atoms with Crippen LogP contribution in [0.1, 0.15) is 35.8 Å². The first kappa shape index (κ1) is 23.5. The van der Waals surface area contributed by atoms with Gasteiger partial charge in [0.2, 0.25) is 0 Å². The van der Waals surface area contributed by atoms with E-state index < -0.39 is 15.9 Å². The molecule has 1 aliphatic heterocycles. The van der Waals surface area contributed by atoms with Gasteiger partial charge < -0.3 is 10.1 Å². The van der Waals surface area contributed by atoms with Crippen molar-refractivity contribution in [3.05, 3.63) is 66.0 Å². The molecule has 2 aromatic carbocycles. The maximum absolute atomic E-state index is 13.2. The van der Waals surface area contributed by atoms with Crippen LogP contribution in [0.2, 0.25) is 0 Å². The first-order chi connectivity index (χ1) is 16.4. The average molecular weight is 484 g/mol. The number of methoxy groups -OCH3 is 1. The minimum Gasteiger partial charge on any atom is -0.495 e. The molecule has 34 heavy (non-hydrogen) atoms. The first-order valence-corrected chi connectivity index (χ1v) is 12.2. The van der Waals surface area contributed by atoms with Gasteiger partial charge in [0.1, 0.15) is 11.6 Å². The third kappa shape index (κ3) is 4.95. The summed E-state index contributed by atoms with van der Waals surface area (Å²) >= 11 is 0. The van der Waals surface area contributed by atoms with Crippen molar-refractivity contribution in [1.82, 2.24) is 15.3 Å². The van der Waals surface area contributed by atoms with Crippen LogP contribution in [0.5, 0.6) is 5.75 Å². The van der Waals surface area contributed by atoms with E-state index >= 15 is 0 Å². The molecule has 0 bridgehead atoms. The molecule has 1 fully saturated rings. The van der Waals surface area contributed by atoms with Gasteiger partial charge in [-0.15, -0.1) is 4.40 Å². The Morgan fingerprint density at radius 2 is 2.06 bits per heavy atom. The Balaban J connectivity index is 1.66. The van der Waals surface area contributed by atoms with Crippen molar-refractivity contribution in [2.45, 2.75) is 31.1 Å². The quantitative estimate of drug-likeness (QED) is 0.504. The molecule has 2 heterocycles. The predicted molar refractivity (Wildman–Crippen MR) is 127 cm³/mol. The minimum absolute atomic E-state index is 0.0847. The normalized spacial score (nSPS) is 14.7. The molecule has 2 N–H and O–H groups in total. The summed E-state index contributed by atoms with van der Waals surface area (Å²) in [5, 5.41) is 7.19. The van der Waals surface area contributed by atoms with Crippen molar-refractivity contribution in [3.63, 3.8) is 0 Å². The molecule has 3 aromatic rings. The Kier molecular flexibility index (Phi) is 6.94. The largest absolute Gasteiger partial charge is 0.495 e. The van der Waals surface area contributed by atoms with Crippen molar-refractivity contribution in [3.8, 4) is 11.4 Å². The van der Waals surface area contributed by atoms with Crippen LogP contribution in [0, 0.1) is 0 Å². The van der Waals surface area contributed by atoms with Crippen LogP contribution >= 0.6 is 0 Å². The standard InChI is InChI=1S/C23H25N5O5S/c1-3-7-20-18(15-24-28(20)16-8-5-4-6-9-16)23(29)25-19-14-17(10-11-21(19)32-2)34(30,31)27-22-12-13-33-26-22/h4-6,8-11,14-15H,3,7,12-13H2,1-2H3,(H,25,29)(H,26,27). The number of ether oxygens (including phenoxy) is 1. The fraction of sp³-hybridized carbons (Fsp3) is 0.261. The summed E-state index contributed by atoms with van der Waals surface area (Å²) < 4.78 is 36.3. The summed E-state index contributed by atoms with van der Waals surface area (Å²) in [6.45, 7) is 2.36. The van der Waals surface area contributed by atoms with Gasteiger partial charge in [0.15, 0.2) is 0 Å². The number of carbonyl (C=O) groups excluding carboxylic acids is 1. The molecule has 0 atom stereocenters. The Bertz CT molecular complexity index is 1310. The molecule has 0 unspecified atom stereocenters. The molecule has 0 radical (unpaired) electrons. The van der Waals surface area contributed by atoms with Gasteiger partial charge >= 0.3 is 0 Å². The van der Waals surface area contributed by atoms with Crippen LogP contribution in [-0.2, 0) is 21.3 Å². The molecule has 1 aliphatic rings. The molecule has 11 heteroatoms. The number of sulfonamides is 1. The van der Waals surface area contributed by atoms with Crippen molar-refractivity contribution in [1.29, 1.82) is 0 Å². The van der Waals surface area contributed by atoms with Crippen LogP contribution in [-0.4, -0.2) is 43.7 Å². The average Bonchev–Trinajstić information content (AvgIpc) is 3.49. The van der Waals surface area contributed by atoms with Crippen molar-refractivity contribution in [2.75, 3.05) is 19.0 Å². The third-order valence-electron chi connectivity index (χ3n) is 5.18. The Morgan fingerprint density at radius 1 is 1.26 bits per heavy atom. The maximum Gasteiger partial charge on any atom is 0.284 e. The van der Waals surface area contributed by atoms with Gasteiger partial charge in [0.25, 0.3) is 15.9 Å². The van der Waals surface area contributed by atoms with Crippen LogP contribution in [0.3, 0.4) is 0 Å². The van der Waals surface area contributed by atoms with E-state index in [9.17, 15) is 13.2 Å². The summed E-state index contributed by atoms with van der Waals surface area (Å²) in [6.07, 6.45) is 3.33. The van der Waals surface area contributed by atoms with Gasteiger partial charge in [-0.05, 0) is 36.8 Å².